The summed E-state index contributed by atoms with van der Waals surface area (Å²) >= 11 is 5.52. The second kappa shape index (κ2) is 3.41. The molecule has 72 valence electrons. The highest BCUT2D eigenvalue weighted by Crippen LogP contribution is 2.26. The van der Waals surface area contributed by atoms with Gasteiger partial charge in [-0.3, -0.25) is 4.72 Å². The second-order valence-electron chi connectivity index (χ2n) is 2.31. The fourth-order valence-electron chi connectivity index (χ4n) is 0.744. The summed E-state index contributed by atoms with van der Waals surface area (Å²) in [4.78, 5) is 0. The van der Waals surface area contributed by atoms with Crippen LogP contribution in [0.1, 0.15) is 0 Å². The summed E-state index contributed by atoms with van der Waals surface area (Å²) in [6, 6.07) is 3.94. The fraction of sp³-hybridized carbons (Fsp3) is 0. The van der Waals surface area contributed by atoms with E-state index >= 15 is 0 Å². The molecule has 0 aromatic heterocycles. The molecule has 0 unspecified atom stereocenters. The first-order chi connectivity index (χ1) is 5.88. The molecule has 0 heterocycles. The predicted octanol–water partition coefficient (Wildman–Crippen LogP) is 0.661. The van der Waals surface area contributed by atoms with Gasteiger partial charge in [0.05, 0.1) is 5.69 Å². The average Bonchev–Trinajstić information content (AvgIpc) is 1.93. The SMILES string of the molecule is NS(=O)(=O)Nc1ccc(Cl)cc1O. The summed E-state index contributed by atoms with van der Waals surface area (Å²) < 4.78 is 23.0. The smallest absolute Gasteiger partial charge is 0.296 e. The lowest BCUT2D eigenvalue weighted by molar-refractivity contribution is 0.477. The summed E-state index contributed by atoms with van der Waals surface area (Å²) in [5.74, 6) is -0.276. The predicted molar refractivity (Wildman–Crippen MR) is 49.8 cm³/mol. The zero-order chi connectivity index (χ0) is 10.1. The van der Waals surface area contributed by atoms with Crippen molar-refractivity contribution in [2.24, 2.45) is 5.14 Å². The van der Waals surface area contributed by atoms with Crippen molar-refractivity contribution in [2.75, 3.05) is 4.72 Å². The van der Waals surface area contributed by atoms with Gasteiger partial charge < -0.3 is 5.11 Å². The van der Waals surface area contributed by atoms with E-state index in [0.29, 0.717) is 5.02 Å². The summed E-state index contributed by atoms with van der Waals surface area (Å²) in [7, 11) is -3.87. The van der Waals surface area contributed by atoms with Gasteiger partial charge in [0.2, 0.25) is 0 Å². The van der Waals surface area contributed by atoms with Crippen molar-refractivity contribution in [3.8, 4) is 5.75 Å². The minimum Gasteiger partial charge on any atom is -0.506 e. The number of nitrogens with one attached hydrogen (secondary N) is 1. The van der Waals surface area contributed by atoms with Crippen LogP contribution < -0.4 is 9.86 Å². The standard InChI is InChI=1S/C6H7ClN2O3S/c7-4-1-2-5(6(10)3-4)9-13(8,11)12/h1-3,9-10H,(H2,8,11,12). The largest absolute Gasteiger partial charge is 0.506 e. The first-order valence-electron chi connectivity index (χ1n) is 3.17. The molecule has 0 aliphatic heterocycles. The van der Waals surface area contributed by atoms with E-state index in [-0.39, 0.29) is 11.4 Å². The molecule has 1 aromatic rings. The summed E-state index contributed by atoms with van der Waals surface area (Å²) in [6.07, 6.45) is 0. The Bertz CT molecular complexity index is 418. The Kier molecular flexibility index (Phi) is 2.65. The van der Waals surface area contributed by atoms with Crippen molar-refractivity contribution < 1.29 is 13.5 Å². The van der Waals surface area contributed by atoms with Gasteiger partial charge in [-0.15, -0.1) is 0 Å². The molecular weight excluding hydrogens is 216 g/mol. The van der Waals surface area contributed by atoms with Gasteiger partial charge in [-0.1, -0.05) is 11.6 Å². The molecule has 0 saturated carbocycles. The number of hydrogen-bond acceptors (Lipinski definition) is 3. The number of anilines is 1. The zero-order valence-corrected chi connectivity index (χ0v) is 7.93. The lowest BCUT2D eigenvalue weighted by atomic mass is 10.3. The Morgan fingerprint density at radius 1 is 1.46 bits per heavy atom. The van der Waals surface area contributed by atoms with E-state index in [1.54, 1.807) is 0 Å². The Morgan fingerprint density at radius 3 is 2.54 bits per heavy atom. The van der Waals surface area contributed by atoms with Crippen molar-refractivity contribution in [3.05, 3.63) is 23.2 Å². The molecule has 0 aliphatic rings. The van der Waals surface area contributed by atoms with Gasteiger partial charge in [-0.05, 0) is 12.1 Å². The van der Waals surface area contributed by atoms with E-state index in [1.165, 1.54) is 18.2 Å². The highest BCUT2D eigenvalue weighted by atomic mass is 35.5. The molecule has 0 amide bonds. The average molecular weight is 223 g/mol. The zero-order valence-electron chi connectivity index (χ0n) is 6.36. The lowest BCUT2D eigenvalue weighted by Gasteiger charge is -2.05. The van der Waals surface area contributed by atoms with Crippen molar-refractivity contribution in [3.63, 3.8) is 0 Å². The molecule has 0 radical (unpaired) electrons. The molecule has 0 saturated heterocycles. The number of benzene rings is 1. The number of rotatable bonds is 2. The van der Waals surface area contributed by atoms with E-state index in [0.717, 1.165) is 0 Å². The van der Waals surface area contributed by atoms with Crippen LogP contribution in [0, 0.1) is 0 Å². The quantitative estimate of drug-likeness (QED) is 0.642. The van der Waals surface area contributed by atoms with E-state index in [2.05, 4.69) is 0 Å². The molecule has 7 heteroatoms. The molecule has 0 atom stereocenters. The number of phenols is 1. The molecule has 1 aromatic carbocycles. The molecule has 13 heavy (non-hydrogen) atoms. The minimum absolute atomic E-state index is 0.00750. The number of hydrogen-bond donors (Lipinski definition) is 3. The Labute approximate surface area is 80.3 Å². The first kappa shape index (κ1) is 10.1. The van der Waals surface area contributed by atoms with Gasteiger partial charge in [-0.2, -0.15) is 8.42 Å². The van der Waals surface area contributed by atoms with E-state index in [1.807, 2.05) is 4.72 Å². The number of aromatic hydroxyl groups is 1. The third-order valence-electron chi connectivity index (χ3n) is 1.21. The van der Waals surface area contributed by atoms with Crippen LogP contribution in [-0.4, -0.2) is 13.5 Å². The van der Waals surface area contributed by atoms with Gasteiger partial charge >= 0.3 is 0 Å². The maximum atomic E-state index is 10.6. The molecule has 0 bridgehead atoms. The van der Waals surface area contributed by atoms with Crippen LogP contribution in [0.15, 0.2) is 18.2 Å². The van der Waals surface area contributed by atoms with Crippen molar-refractivity contribution in [1.82, 2.24) is 0 Å². The number of phenolic OH excluding ortho intramolecular Hbond substituents is 1. The maximum Gasteiger partial charge on any atom is 0.296 e. The van der Waals surface area contributed by atoms with Gasteiger partial charge in [0.1, 0.15) is 5.75 Å². The molecule has 0 aliphatic carbocycles. The van der Waals surface area contributed by atoms with Gasteiger partial charge in [0.25, 0.3) is 10.2 Å². The van der Waals surface area contributed by atoms with Crippen LogP contribution in [0.3, 0.4) is 0 Å². The molecule has 4 N–H and O–H groups in total. The van der Waals surface area contributed by atoms with Gasteiger partial charge in [-0.25, -0.2) is 5.14 Å². The lowest BCUT2D eigenvalue weighted by Crippen LogP contribution is -2.21. The first-order valence-corrected chi connectivity index (χ1v) is 5.10. The second-order valence-corrected chi connectivity index (χ2v) is 4.04. The van der Waals surface area contributed by atoms with Crippen LogP contribution in [0.4, 0.5) is 5.69 Å². The minimum atomic E-state index is -3.87. The third-order valence-corrected chi connectivity index (χ3v) is 1.95. The summed E-state index contributed by atoms with van der Waals surface area (Å²) in [6.45, 7) is 0. The fourth-order valence-corrected chi connectivity index (χ4v) is 1.39. The van der Waals surface area contributed by atoms with E-state index < -0.39 is 10.2 Å². The number of halogens is 1. The van der Waals surface area contributed by atoms with Crippen LogP contribution in [0.5, 0.6) is 5.75 Å². The van der Waals surface area contributed by atoms with Gasteiger partial charge in [0, 0.05) is 11.1 Å². The van der Waals surface area contributed by atoms with E-state index in [4.69, 9.17) is 16.7 Å². The van der Waals surface area contributed by atoms with Crippen molar-refractivity contribution >= 4 is 27.5 Å². The number of nitrogens with two attached hydrogens (primary N) is 1. The Balaban J connectivity index is 3.04. The maximum absolute atomic E-state index is 10.6. The van der Waals surface area contributed by atoms with Crippen LogP contribution in [0.25, 0.3) is 0 Å². The van der Waals surface area contributed by atoms with Crippen molar-refractivity contribution in [2.45, 2.75) is 0 Å². The molecular formula is C6H7ClN2O3S. The third kappa shape index (κ3) is 3.10. The summed E-state index contributed by atoms with van der Waals surface area (Å²) in [5.41, 5.74) is -0.00750. The highest BCUT2D eigenvalue weighted by Gasteiger charge is 2.06. The topological polar surface area (TPSA) is 92.4 Å². The normalized spacial score (nSPS) is 11.2. The Morgan fingerprint density at radius 2 is 2.08 bits per heavy atom. The van der Waals surface area contributed by atoms with Gasteiger partial charge in [0.15, 0.2) is 0 Å². The molecule has 5 nitrogen and oxygen atoms in total. The highest BCUT2D eigenvalue weighted by molar-refractivity contribution is 7.90. The Hall–Kier alpha value is -0.980. The van der Waals surface area contributed by atoms with Crippen LogP contribution in [-0.2, 0) is 10.2 Å². The molecule has 0 fully saturated rings. The van der Waals surface area contributed by atoms with Crippen molar-refractivity contribution in [1.29, 1.82) is 0 Å². The summed E-state index contributed by atoms with van der Waals surface area (Å²) in [5, 5.41) is 14.2. The molecule has 0 spiro atoms. The van der Waals surface area contributed by atoms with E-state index in [9.17, 15) is 13.5 Å². The monoisotopic (exact) mass is 222 g/mol. The van der Waals surface area contributed by atoms with Crippen LogP contribution in [0.2, 0.25) is 5.02 Å². The van der Waals surface area contributed by atoms with Crippen LogP contribution >= 0.6 is 11.6 Å². The molecule has 1 rings (SSSR count).